The molecule has 9 heavy (non-hydrogen) atoms. The van der Waals surface area contributed by atoms with E-state index in [4.69, 9.17) is 0 Å². The second kappa shape index (κ2) is 2.78. The van der Waals surface area contributed by atoms with Crippen LogP contribution >= 0.6 is 11.3 Å². The highest BCUT2D eigenvalue weighted by Gasteiger charge is 1.94. The van der Waals surface area contributed by atoms with E-state index in [1.165, 1.54) is 17.4 Å². The Labute approximate surface area is 57.6 Å². The summed E-state index contributed by atoms with van der Waals surface area (Å²) in [5.74, 6) is 0. The maximum Gasteiger partial charge on any atom is 0.176 e. The number of hydrogen-bond acceptors (Lipinski definition) is 1. The van der Waals surface area contributed by atoms with Crippen molar-refractivity contribution in [1.29, 1.82) is 0 Å². The van der Waals surface area contributed by atoms with Crippen molar-refractivity contribution in [2.45, 2.75) is 6.42 Å². The van der Waals surface area contributed by atoms with E-state index in [2.05, 4.69) is 6.58 Å². The van der Waals surface area contributed by atoms with Crippen LogP contribution in [0.15, 0.2) is 24.8 Å². The van der Waals surface area contributed by atoms with Crippen LogP contribution in [0.5, 0.6) is 0 Å². The average Bonchev–Trinajstić information content (AvgIpc) is 2.17. The molecule has 0 N–H and O–H groups in total. The van der Waals surface area contributed by atoms with Gasteiger partial charge in [0, 0.05) is 4.88 Å². The first-order valence-electron chi connectivity index (χ1n) is 2.68. The van der Waals surface area contributed by atoms with Crippen molar-refractivity contribution in [3.63, 3.8) is 0 Å². The molecule has 0 fully saturated rings. The first-order valence-corrected chi connectivity index (χ1v) is 3.49. The van der Waals surface area contributed by atoms with Gasteiger partial charge in [-0.1, -0.05) is 6.08 Å². The molecular formula is C7H7FS. The molecule has 48 valence electrons. The van der Waals surface area contributed by atoms with Gasteiger partial charge in [-0.3, -0.25) is 0 Å². The topological polar surface area (TPSA) is 0 Å². The Balaban J connectivity index is 2.72. The monoisotopic (exact) mass is 142 g/mol. The number of rotatable bonds is 2. The fourth-order valence-electron chi connectivity index (χ4n) is 0.604. The zero-order valence-corrected chi connectivity index (χ0v) is 5.75. The summed E-state index contributed by atoms with van der Waals surface area (Å²) in [6.07, 6.45) is 2.54. The van der Waals surface area contributed by atoms with Gasteiger partial charge in [-0.2, -0.15) is 4.39 Å². The van der Waals surface area contributed by atoms with E-state index in [0.717, 1.165) is 11.3 Å². The van der Waals surface area contributed by atoms with E-state index >= 15 is 0 Å². The molecule has 0 unspecified atom stereocenters. The van der Waals surface area contributed by atoms with Gasteiger partial charge >= 0.3 is 0 Å². The molecule has 1 aromatic rings. The van der Waals surface area contributed by atoms with Crippen molar-refractivity contribution >= 4 is 11.3 Å². The SMILES string of the molecule is C=CCc1ccc(F)s1. The van der Waals surface area contributed by atoms with Crippen LogP contribution in [-0.2, 0) is 6.42 Å². The largest absolute Gasteiger partial charge is 0.195 e. The minimum atomic E-state index is -0.119. The molecule has 0 saturated heterocycles. The van der Waals surface area contributed by atoms with Gasteiger partial charge in [0.1, 0.15) is 0 Å². The van der Waals surface area contributed by atoms with Crippen molar-refractivity contribution in [1.82, 2.24) is 0 Å². The summed E-state index contributed by atoms with van der Waals surface area (Å²) in [4.78, 5) is 1.03. The zero-order chi connectivity index (χ0) is 6.69. The number of thiophene rings is 1. The fourth-order valence-corrected chi connectivity index (χ4v) is 1.33. The van der Waals surface area contributed by atoms with E-state index in [1.807, 2.05) is 0 Å². The fraction of sp³-hybridized carbons (Fsp3) is 0.143. The van der Waals surface area contributed by atoms with Crippen LogP contribution in [0, 0.1) is 5.13 Å². The number of halogens is 1. The quantitative estimate of drug-likeness (QED) is 0.557. The molecule has 2 heteroatoms. The van der Waals surface area contributed by atoms with Crippen molar-refractivity contribution in [2.24, 2.45) is 0 Å². The summed E-state index contributed by atoms with van der Waals surface area (Å²) in [5.41, 5.74) is 0. The highest BCUT2D eigenvalue weighted by atomic mass is 32.1. The van der Waals surface area contributed by atoms with Crippen LogP contribution in [0.25, 0.3) is 0 Å². The molecule has 0 bridgehead atoms. The van der Waals surface area contributed by atoms with Gasteiger partial charge in [0.2, 0.25) is 0 Å². The highest BCUT2D eigenvalue weighted by molar-refractivity contribution is 7.10. The lowest BCUT2D eigenvalue weighted by Gasteiger charge is -1.81. The lowest BCUT2D eigenvalue weighted by atomic mass is 10.3. The maximum atomic E-state index is 12.2. The first-order chi connectivity index (χ1) is 4.33. The van der Waals surface area contributed by atoms with Crippen molar-refractivity contribution in [3.05, 3.63) is 34.8 Å². The van der Waals surface area contributed by atoms with Gasteiger partial charge in [0.15, 0.2) is 5.13 Å². The van der Waals surface area contributed by atoms with Gasteiger partial charge in [-0.15, -0.1) is 17.9 Å². The average molecular weight is 142 g/mol. The molecule has 0 aromatic carbocycles. The smallest absolute Gasteiger partial charge is 0.176 e. The molecule has 0 aliphatic rings. The van der Waals surface area contributed by atoms with E-state index in [-0.39, 0.29) is 5.13 Å². The Kier molecular flexibility index (Phi) is 2.01. The summed E-state index contributed by atoms with van der Waals surface area (Å²) >= 11 is 1.17. The molecule has 0 aliphatic carbocycles. The molecular weight excluding hydrogens is 135 g/mol. The predicted molar refractivity (Wildman–Crippen MR) is 38.2 cm³/mol. The molecule has 0 radical (unpaired) electrons. The zero-order valence-electron chi connectivity index (χ0n) is 4.93. The van der Waals surface area contributed by atoms with Crippen LogP contribution in [0.1, 0.15) is 4.88 Å². The first kappa shape index (κ1) is 6.49. The summed E-state index contributed by atoms with van der Waals surface area (Å²) in [7, 11) is 0. The minimum absolute atomic E-state index is 0.119. The molecule has 0 saturated carbocycles. The molecule has 0 spiro atoms. The van der Waals surface area contributed by atoms with E-state index in [1.54, 1.807) is 12.1 Å². The summed E-state index contributed by atoms with van der Waals surface area (Å²) in [5, 5.41) is -0.119. The van der Waals surface area contributed by atoms with Crippen molar-refractivity contribution in [3.8, 4) is 0 Å². The molecule has 1 heterocycles. The Morgan fingerprint density at radius 2 is 2.44 bits per heavy atom. The van der Waals surface area contributed by atoms with Gasteiger partial charge in [-0.05, 0) is 18.6 Å². The third kappa shape index (κ3) is 1.64. The third-order valence-electron chi connectivity index (χ3n) is 0.974. The Hall–Kier alpha value is -0.630. The molecule has 0 atom stereocenters. The van der Waals surface area contributed by atoms with Gasteiger partial charge in [0.25, 0.3) is 0 Å². The second-order valence-electron chi connectivity index (χ2n) is 1.70. The minimum Gasteiger partial charge on any atom is -0.195 e. The number of hydrogen-bond donors (Lipinski definition) is 0. The van der Waals surface area contributed by atoms with Crippen LogP contribution in [0.4, 0.5) is 4.39 Å². The maximum absolute atomic E-state index is 12.2. The summed E-state index contributed by atoms with van der Waals surface area (Å²) in [6, 6.07) is 3.26. The van der Waals surface area contributed by atoms with Crippen LogP contribution in [0.3, 0.4) is 0 Å². The lowest BCUT2D eigenvalue weighted by molar-refractivity contribution is 0.657. The Morgan fingerprint density at radius 3 is 2.89 bits per heavy atom. The van der Waals surface area contributed by atoms with E-state index in [9.17, 15) is 4.39 Å². The van der Waals surface area contributed by atoms with Gasteiger partial charge in [-0.25, -0.2) is 0 Å². The molecule has 0 nitrogen and oxygen atoms in total. The second-order valence-corrected chi connectivity index (χ2v) is 2.82. The van der Waals surface area contributed by atoms with E-state index < -0.39 is 0 Å². The highest BCUT2D eigenvalue weighted by Crippen LogP contribution is 2.14. The summed E-state index contributed by atoms with van der Waals surface area (Å²) < 4.78 is 12.2. The number of allylic oxidation sites excluding steroid dienone is 1. The molecule has 0 aliphatic heterocycles. The van der Waals surface area contributed by atoms with Crippen LogP contribution in [-0.4, -0.2) is 0 Å². The van der Waals surface area contributed by atoms with E-state index in [0.29, 0.717) is 0 Å². The Bertz CT molecular complexity index is 202. The van der Waals surface area contributed by atoms with Crippen molar-refractivity contribution < 1.29 is 4.39 Å². The summed E-state index contributed by atoms with van der Waals surface area (Å²) in [6.45, 7) is 3.55. The Morgan fingerprint density at radius 1 is 1.67 bits per heavy atom. The third-order valence-corrected chi connectivity index (χ3v) is 1.87. The lowest BCUT2D eigenvalue weighted by Crippen LogP contribution is -1.66. The van der Waals surface area contributed by atoms with Gasteiger partial charge < -0.3 is 0 Å². The standard InChI is InChI=1S/C7H7FS/c1-2-3-6-4-5-7(8)9-6/h2,4-5H,1,3H2. The van der Waals surface area contributed by atoms with Crippen LogP contribution < -0.4 is 0 Å². The van der Waals surface area contributed by atoms with Crippen LogP contribution in [0.2, 0.25) is 0 Å². The van der Waals surface area contributed by atoms with Crippen molar-refractivity contribution in [2.75, 3.05) is 0 Å². The molecule has 1 aromatic heterocycles. The predicted octanol–water partition coefficient (Wildman–Crippen LogP) is 2.62. The molecule has 1 rings (SSSR count). The van der Waals surface area contributed by atoms with Gasteiger partial charge in [0.05, 0.1) is 0 Å². The molecule has 0 amide bonds. The normalized spacial score (nSPS) is 9.44.